The van der Waals surface area contributed by atoms with E-state index in [-0.39, 0.29) is 17.7 Å². The predicted molar refractivity (Wildman–Crippen MR) is 102 cm³/mol. The Morgan fingerprint density at radius 3 is 2.93 bits per heavy atom. The van der Waals surface area contributed by atoms with Gasteiger partial charge in [-0.2, -0.15) is 10.1 Å². The lowest BCUT2D eigenvalue weighted by atomic mass is 10.00. The summed E-state index contributed by atoms with van der Waals surface area (Å²) in [5, 5.41) is 23.2. The molecule has 0 fully saturated rings. The smallest absolute Gasteiger partial charge is 0.262 e. The van der Waals surface area contributed by atoms with Crippen molar-refractivity contribution in [2.45, 2.75) is 5.25 Å². The number of hydrogen-bond donors (Lipinski definition) is 3. The molecule has 27 heavy (non-hydrogen) atoms. The van der Waals surface area contributed by atoms with Crippen molar-refractivity contribution in [3.8, 4) is 5.75 Å². The van der Waals surface area contributed by atoms with E-state index in [4.69, 9.17) is 15.6 Å². The van der Waals surface area contributed by atoms with E-state index in [0.29, 0.717) is 28.3 Å². The average molecular weight is 383 g/mol. The number of halogens is 1. The van der Waals surface area contributed by atoms with Crippen LogP contribution in [0, 0.1) is 16.6 Å². The lowest BCUT2D eigenvalue weighted by Gasteiger charge is -2.29. The van der Waals surface area contributed by atoms with Crippen LogP contribution >= 0.6 is 11.8 Å². The highest BCUT2D eigenvalue weighted by Crippen LogP contribution is 2.40. The highest BCUT2D eigenvalue weighted by molar-refractivity contribution is 8.14. The number of amidine groups is 1. The van der Waals surface area contributed by atoms with Crippen molar-refractivity contribution in [1.29, 1.82) is 10.8 Å². The normalized spacial score (nSPS) is 18.9. The maximum atomic E-state index is 14.4. The fraction of sp³-hybridized carbons (Fsp3) is 0.111. The monoisotopic (exact) mass is 383 g/mol. The van der Waals surface area contributed by atoms with Gasteiger partial charge in [-0.1, -0.05) is 30.0 Å². The number of benzene rings is 2. The van der Waals surface area contributed by atoms with Gasteiger partial charge in [-0.3, -0.25) is 15.6 Å². The molecule has 0 aliphatic carbocycles. The molecule has 0 spiro atoms. The van der Waals surface area contributed by atoms with Crippen molar-refractivity contribution in [3.05, 3.63) is 59.4 Å². The molecule has 0 saturated heterocycles. The van der Waals surface area contributed by atoms with E-state index in [0.717, 1.165) is 23.1 Å². The minimum absolute atomic E-state index is 0.0246. The third kappa shape index (κ3) is 3.17. The lowest BCUT2D eigenvalue weighted by molar-refractivity contribution is -0.118. The van der Waals surface area contributed by atoms with Gasteiger partial charge in [0.05, 0.1) is 16.6 Å². The Hall–Kier alpha value is -3.20. The summed E-state index contributed by atoms with van der Waals surface area (Å²) in [4.78, 5) is 11.6. The fourth-order valence-corrected chi connectivity index (χ4v) is 3.91. The third-order valence-corrected chi connectivity index (χ3v) is 5.24. The zero-order valence-electron chi connectivity index (χ0n) is 13.9. The molecule has 0 saturated carbocycles. The number of carbonyl (C=O) groups excluding carboxylic acids is 1. The first-order valence-electron chi connectivity index (χ1n) is 8.02. The Kier molecular flexibility index (Phi) is 4.36. The molecular weight excluding hydrogens is 369 g/mol. The summed E-state index contributed by atoms with van der Waals surface area (Å²) in [5.41, 5.74) is 2.02. The van der Waals surface area contributed by atoms with Crippen molar-refractivity contribution in [1.82, 2.24) is 5.01 Å². The summed E-state index contributed by atoms with van der Waals surface area (Å²) in [6, 6.07) is 11.5. The number of ether oxygens (including phenoxy) is 1. The molecule has 9 heteroatoms. The molecule has 2 aliphatic heterocycles. The van der Waals surface area contributed by atoms with Gasteiger partial charge in [0.2, 0.25) is 0 Å². The topological polar surface area (TPSA) is 102 Å². The van der Waals surface area contributed by atoms with E-state index in [1.54, 1.807) is 36.4 Å². The van der Waals surface area contributed by atoms with Crippen molar-refractivity contribution in [2.24, 2.45) is 5.10 Å². The minimum atomic E-state index is -0.562. The van der Waals surface area contributed by atoms with Gasteiger partial charge in [0.1, 0.15) is 17.9 Å². The number of hydrazone groups is 1. The molecular formula is C18H14FN5O2S. The van der Waals surface area contributed by atoms with Crippen LogP contribution in [-0.2, 0) is 4.79 Å². The summed E-state index contributed by atoms with van der Waals surface area (Å²) >= 11 is 1.10. The second-order valence-electron chi connectivity index (χ2n) is 5.83. The Bertz CT molecular complexity index is 993. The maximum Gasteiger partial charge on any atom is 0.262 e. The molecule has 2 aliphatic rings. The maximum absolute atomic E-state index is 14.4. The van der Waals surface area contributed by atoms with Gasteiger partial charge in [0, 0.05) is 11.1 Å². The summed E-state index contributed by atoms with van der Waals surface area (Å²) < 4.78 is 19.8. The van der Waals surface area contributed by atoms with E-state index in [9.17, 15) is 9.18 Å². The Morgan fingerprint density at radius 2 is 2.15 bits per heavy atom. The number of nitrogens with one attached hydrogen (secondary N) is 3. The van der Waals surface area contributed by atoms with Gasteiger partial charge in [-0.15, -0.1) is 0 Å². The molecule has 1 unspecified atom stereocenters. The number of carbonyl (C=O) groups is 1. The van der Waals surface area contributed by atoms with Crippen LogP contribution in [0.4, 0.5) is 10.1 Å². The van der Waals surface area contributed by atoms with Crippen molar-refractivity contribution < 1.29 is 13.9 Å². The molecule has 2 aromatic carbocycles. The largest absolute Gasteiger partial charge is 0.482 e. The Morgan fingerprint density at radius 1 is 1.33 bits per heavy atom. The number of amides is 1. The first kappa shape index (κ1) is 17.2. The van der Waals surface area contributed by atoms with E-state index < -0.39 is 11.1 Å². The van der Waals surface area contributed by atoms with Crippen LogP contribution in [0.3, 0.4) is 0 Å². The molecule has 3 N–H and O–H groups in total. The minimum Gasteiger partial charge on any atom is -0.482 e. The second-order valence-corrected chi connectivity index (χ2v) is 6.93. The number of rotatable bonds is 3. The molecule has 0 aromatic heterocycles. The number of hydrogen-bond acceptors (Lipinski definition) is 6. The van der Waals surface area contributed by atoms with Crippen LogP contribution in [0.1, 0.15) is 16.4 Å². The number of nitrogens with zero attached hydrogens (tertiary/aromatic N) is 2. The molecule has 1 amide bonds. The average Bonchev–Trinajstić information content (AvgIpc) is 2.67. The van der Waals surface area contributed by atoms with Gasteiger partial charge < -0.3 is 10.1 Å². The van der Waals surface area contributed by atoms with Gasteiger partial charge in [0.15, 0.2) is 11.8 Å². The Labute approximate surface area is 158 Å². The standard InChI is InChI=1S/C18H14FN5O2S/c19-12-4-2-1-3-11(12)17-16(23-24(9-20)18(21)27-17)10-5-6-14-13(7-10)22-15(25)8-26-14/h1-7,9,17,20-21H,8H2,(H,22,25). The van der Waals surface area contributed by atoms with Gasteiger partial charge >= 0.3 is 0 Å². The zero-order chi connectivity index (χ0) is 19.0. The molecule has 1 atom stereocenters. The van der Waals surface area contributed by atoms with Crippen LogP contribution < -0.4 is 10.1 Å². The van der Waals surface area contributed by atoms with E-state index in [1.807, 2.05) is 0 Å². The van der Waals surface area contributed by atoms with Crippen LogP contribution in [0.25, 0.3) is 0 Å². The number of fused-ring (bicyclic) bond motifs is 1. The molecule has 2 aromatic rings. The van der Waals surface area contributed by atoms with Crippen molar-refractivity contribution in [2.75, 3.05) is 11.9 Å². The van der Waals surface area contributed by atoms with Crippen molar-refractivity contribution in [3.63, 3.8) is 0 Å². The molecule has 7 nitrogen and oxygen atoms in total. The zero-order valence-corrected chi connectivity index (χ0v) is 14.7. The van der Waals surface area contributed by atoms with Crippen molar-refractivity contribution >= 4 is 40.6 Å². The van der Waals surface area contributed by atoms with Crippen LogP contribution in [-0.4, -0.2) is 34.7 Å². The summed E-state index contributed by atoms with van der Waals surface area (Å²) in [5.74, 6) is -0.108. The van der Waals surface area contributed by atoms with Crippen LogP contribution in [0.15, 0.2) is 47.6 Å². The Balaban J connectivity index is 1.82. The van der Waals surface area contributed by atoms with Crippen LogP contribution in [0.2, 0.25) is 0 Å². The lowest BCUT2D eigenvalue weighted by Crippen LogP contribution is -2.31. The predicted octanol–water partition coefficient (Wildman–Crippen LogP) is 3.19. The highest BCUT2D eigenvalue weighted by atomic mass is 32.2. The van der Waals surface area contributed by atoms with Crippen LogP contribution in [0.5, 0.6) is 5.75 Å². The fourth-order valence-electron chi connectivity index (χ4n) is 2.87. The summed E-state index contributed by atoms with van der Waals surface area (Å²) in [7, 11) is 0. The molecule has 136 valence electrons. The SMILES string of the molecule is N=CN1N=C(c2ccc3c(c2)NC(=O)CO3)C(c2ccccc2F)SC1=N. The first-order chi connectivity index (χ1) is 13.1. The number of anilines is 1. The quantitative estimate of drug-likeness (QED) is 0.560. The van der Waals surface area contributed by atoms with E-state index >= 15 is 0 Å². The number of thioether (sulfide) groups is 1. The third-order valence-electron chi connectivity index (χ3n) is 4.12. The highest BCUT2D eigenvalue weighted by Gasteiger charge is 2.32. The van der Waals surface area contributed by atoms with Gasteiger partial charge in [-0.05, 0) is 24.3 Å². The van der Waals surface area contributed by atoms with E-state index in [2.05, 4.69) is 10.4 Å². The van der Waals surface area contributed by atoms with Gasteiger partial charge in [0.25, 0.3) is 5.91 Å². The summed E-state index contributed by atoms with van der Waals surface area (Å²) in [6.45, 7) is -0.0419. The first-order valence-corrected chi connectivity index (χ1v) is 8.90. The molecule has 4 rings (SSSR count). The second kappa shape index (κ2) is 6.84. The van der Waals surface area contributed by atoms with Gasteiger partial charge in [-0.25, -0.2) is 4.39 Å². The molecule has 0 bridgehead atoms. The molecule has 0 radical (unpaired) electrons. The van der Waals surface area contributed by atoms with E-state index in [1.165, 1.54) is 6.07 Å². The summed E-state index contributed by atoms with van der Waals surface area (Å²) in [6.07, 6.45) is 0.927. The molecule has 2 heterocycles.